The van der Waals surface area contributed by atoms with E-state index in [-0.39, 0.29) is 16.2 Å². The zero-order valence-electron chi connectivity index (χ0n) is 36.6. The Hall–Kier alpha value is -7.22. The molecule has 0 N–H and O–H groups in total. The average Bonchev–Trinajstić information content (AvgIpc) is 3.84. The van der Waals surface area contributed by atoms with Crippen LogP contribution in [0.25, 0.3) is 55.6 Å². The van der Waals surface area contributed by atoms with E-state index in [2.05, 4.69) is 246 Å². The van der Waals surface area contributed by atoms with Gasteiger partial charge >= 0.3 is 0 Å². The van der Waals surface area contributed by atoms with Crippen molar-refractivity contribution >= 4 is 17.1 Å². The molecule has 0 saturated carbocycles. The summed E-state index contributed by atoms with van der Waals surface area (Å²) in [6.07, 6.45) is 0. The molecule has 0 amide bonds. The maximum atomic E-state index is 2.53. The third kappa shape index (κ3) is 5.29. The minimum absolute atomic E-state index is 0.114. The molecular weight excluding hydrogens is 759 g/mol. The Balaban J connectivity index is 1.04. The molecule has 0 heterocycles. The lowest BCUT2D eigenvalue weighted by Gasteiger charge is -2.34. The van der Waals surface area contributed by atoms with Crippen LogP contribution >= 0.6 is 0 Å². The fourth-order valence-electron chi connectivity index (χ4n) is 12.0. The van der Waals surface area contributed by atoms with Gasteiger partial charge in [0.05, 0.1) is 5.69 Å². The molecule has 9 aromatic carbocycles. The average molecular weight is 808 g/mol. The van der Waals surface area contributed by atoms with E-state index in [1.165, 1.54) is 100 Å². The molecule has 0 aromatic heterocycles. The number of hydrogen-bond donors (Lipinski definition) is 0. The number of rotatable bonds is 6. The van der Waals surface area contributed by atoms with Gasteiger partial charge in [0.25, 0.3) is 0 Å². The Morgan fingerprint density at radius 1 is 0.302 bits per heavy atom. The number of fused-ring (bicyclic) bond motifs is 9. The highest BCUT2D eigenvalue weighted by molar-refractivity contribution is 5.95. The molecule has 63 heavy (non-hydrogen) atoms. The number of benzene rings is 9. The summed E-state index contributed by atoms with van der Waals surface area (Å²) in [7, 11) is 0. The molecule has 12 rings (SSSR count). The molecule has 0 saturated heterocycles. The molecule has 0 fully saturated rings. The monoisotopic (exact) mass is 807 g/mol. The minimum atomic E-state index is -0.315. The van der Waals surface area contributed by atoms with E-state index < -0.39 is 0 Å². The first-order valence-corrected chi connectivity index (χ1v) is 22.4. The van der Waals surface area contributed by atoms with Crippen molar-refractivity contribution in [2.45, 2.75) is 50.9 Å². The molecule has 9 aromatic rings. The van der Waals surface area contributed by atoms with Gasteiger partial charge in [0.15, 0.2) is 0 Å². The van der Waals surface area contributed by atoms with Crippen LogP contribution in [0.3, 0.4) is 0 Å². The van der Waals surface area contributed by atoms with Crippen LogP contribution < -0.4 is 4.90 Å². The molecule has 1 unspecified atom stereocenters. The Kier molecular flexibility index (Phi) is 8.13. The lowest BCUT2D eigenvalue weighted by molar-refractivity contribution is 0.660. The SMILES string of the molecule is CC1(C)c2ccccc2-c2cccc(-c3ccccc3-c3ccc(N(c4ccc5c(c4)C(C)(c4ccccc4)c4ccccc4-5)c4cccc5c4C(C)(C)c4ccccc4-5)cc3)c21. The minimum Gasteiger partial charge on any atom is -0.310 e. The van der Waals surface area contributed by atoms with Gasteiger partial charge in [-0.25, -0.2) is 0 Å². The van der Waals surface area contributed by atoms with Crippen LogP contribution in [0.2, 0.25) is 0 Å². The summed E-state index contributed by atoms with van der Waals surface area (Å²) in [4.78, 5) is 2.53. The molecule has 3 aliphatic carbocycles. The summed E-state index contributed by atoms with van der Waals surface area (Å²) >= 11 is 0. The highest BCUT2D eigenvalue weighted by Crippen LogP contribution is 2.58. The number of anilines is 3. The quantitative estimate of drug-likeness (QED) is 0.162. The van der Waals surface area contributed by atoms with E-state index in [9.17, 15) is 0 Å². The van der Waals surface area contributed by atoms with E-state index >= 15 is 0 Å². The van der Waals surface area contributed by atoms with Gasteiger partial charge in [0, 0.05) is 27.6 Å². The van der Waals surface area contributed by atoms with E-state index in [0.717, 1.165) is 11.4 Å². The van der Waals surface area contributed by atoms with Crippen molar-refractivity contribution in [3.8, 4) is 55.6 Å². The third-order valence-corrected chi connectivity index (χ3v) is 14.9. The maximum Gasteiger partial charge on any atom is 0.0508 e. The van der Waals surface area contributed by atoms with Gasteiger partial charge in [-0.05, 0) is 132 Å². The third-order valence-electron chi connectivity index (χ3n) is 14.9. The molecule has 3 aliphatic rings. The number of nitrogens with zero attached hydrogens (tertiary/aromatic N) is 1. The van der Waals surface area contributed by atoms with Gasteiger partial charge in [-0.3, -0.25) is 0 Å². The van der Waals surface area contributed by atoms with Crippen LogP contribution in [0.5, 0.6) is 0 Å². The smallest absolute Gasteiger partial charge is 0.0508 e. The van der Waals surface area contributed by atoms with Crippen molar-refractivity contribution < 1.29 is 0 Å². The molecule has 1 heteroatoms. The molecule has 0 aliphatic heterocycles. The van der Waals surface area contributed by atoms with E-state index in [1.54, 1.807) is 0 Å². The van der Waals surface area contributed by atoms with Crippen molar-refractivity contribution in [1.29, 1.82) is 0 Å². The molecule has 0 radical (unpaired) electrons. The van der Waals surface area contributed by atoms with Crippen LogP contribution in [0, 0.1) is 0 Å². The van der Waals surface area contributed by atoms with E-state index in [1.807, 2.05) is 0 Å². The highest BCUT2D eigenvalue weighted by Gasteiger charge is 2.43. The van der Waals surface area contributed by atoms with Gasteiger partial charge in [-0.1, -0.05) is 204 Å². The molecule has 1 nitrogen and oxygen atoms in total. The first-order chi connectivity index (χ1) is 30.7. The predicted molar refractivity (Wildman–Crippen MR) is 265 cm³/mol. The lowest BCUT2D eigenvalue weighted by atomic mass is 9.74. The summed E-state index contributed by atoms with van der Waals surface area (Å²) in [5.41, 5.74) is 25.3. The predicted octanol–water partition coefficient (Wildman–Crippen LogP) is 16.4. The summed E-state index contributed by atoms with van der Waals surface area (Å²) in [5.74, 6) is 0. The van der Waals surface area contributed by atoms with Crippen LogP contribution in [0.1, 0.15) is 73.6 Å². The summed E-state index contributed by atoms with van der Waals surface area (Å²) < 4.78 is 0. The molecule has 302 valence electrons. The first-order valence-electron chi connectivity index (χ1n) is 22.4. The van der Waals surface area contributed by atoms with Crippen molar-refractivity contribution in [3.63, 3.8) is 0 Å². The fourth-order valence-corrected chi connectivity index (χ4v) is 12.0. The van der Waals surface area contributed by atoms with Crippen molar-refractivity contribution in [2.75, 3.05) is 4.90 Å². The lowest BCUT2D eigenvalue weighted by Crippen LogP contribution is -2.23. The molecular formula is C62H49N. The zero-order chi connectivity index (χ0) is 42.7. The summed E-state index contributed by atoms with van der Waals surface area (Å²) in [6, 6.07) is 77.3. The molecule has 0 bridgehead atoms. The molecule has 1 atom stereocenters. The Morgan fingerprint density at radius 2 is 0.746 bits per heavy atom. The van der Waals surface area contributed by atoms with Crippen LogP contribution in [-0.2, 0) is 16.2 Å². The largest absolute Gasteiger partial charge is 0.310 e. The van der Waals surface area contributed by atoms with Crippen LogP contribution in [0.15, 0.2) is 206 Å². The van der Waals surface area contributed by atoms with E-state index in [0.29, 0.717) is 0 Å². The van der Waals surface area contributed by atoms with Crippen molar-refractivity contribution in [2.24, 2.45) is 0 Å². The van der Waals surface area contributed by atoms with E-state index in [4.69, 9.17) is 0 Å². The standard InChI is InChI=1S/C62H49N/c1-60(2)53-29-14-11-24-47(53)51-27-17-26-50(58(51)60)45-22-10-9-21-44(45)40-33-35-42(36-34-40)63(57-32-18-28-52-48-25-12-15-30-54(48)61(3,4)59(52)57)43-37-38-49-46-23-13-16-31-55(46)62(5,56(49)39-43)41-19-7-6-8-20-41/h6-39H,1-5H3. The van der Waals surface area contributed by atoms with Crippen molar-refractivity contribution in [1.82, 2.24) is 0 Å². The van der Waals surface area contributed by atoms with Gasteiger partial charge in [-0.2, -0.15) is 0 Å². The fraction of sp³-hybridized carbons (Fsp3) is 0.129. The highest BCUT2D eigenvalue weighted by atomic mass is 15.1. The Bertz CT molecular complexity index is 3290. The normalized spacial score (nSPS) is 16.7. The van der Waals surface area contributed by atoms with Crippen molar-refractivity contribution in [3.05, 3.63) is 245 Å². The second kappa shape index (κ2) is 13.6. The van der Waals surface area contributed by atoms with Gasteiger partial charge in [0.2, 0.25) is 0 Å². The van der Waals surface area contributed by atoms with Crippen LogP contribution in [0.4, 0.5) is 17.1 Å². The van der Waals surface area contributed by atoms with Gasteiger partial charge in [0.1, 0.15) is 0 Å². The summed E-state index contributed by atoms with van der Waals surface area (Å²) in [6.45, 7) is 12.0. The van der Waals surface area contributed by atoms with Gasteiger partial charge in [-0.15, -0.1) is 0 Å². The zero-order valence-corrected chi connectivity index (χ0v) is 36.6. The number of hydrogen-bond acceptors (Lipinski definition) is 1. The second-order valence-corrected chi connectivity index (χ2v) is 19.0. The molecule has 0 spiro atoms. The topological polar surface area (TPSA) is 3.24 Å². The maximum absolute atomic E-state index is 2.53. The Labute approximate surface area is 372 Å². The van der Waals surface area contributed by atoms with Crippen LogP contribution in [-0.4, -0.2) is 0 Å². The first kappa shape index (κ1) is 37.5. The second-order valence-electron chi connectivity index (χ2n) is 19.0. The summed E-state index contributed by atoms with van der Waals surface area (Å²) in [5, 5.41) is 0. The Morgan fingerprint density at radius 3 is 1.40 bits per heavy atom. The van der Waals surface area contributed by atoms with Gasteiger partial charge < -0.3 is 4.90 Å².